The zero-order chi connectivity index (χ0) is 29.6. The number of allylic oxidation sites excluding steroid dienone is 5. The molecule has 0 atom stereocenters. The van der Waals surface area contributed by atoms with Crippen molar-refractivity contribution in [2.75, 3.05) is 0 Å². The topological polar surface area (TPSA) is 35.6 Å². The molecule has 0 amide bonds. The summed E-state index contributed by atoms with van der Waals surface area (Å²) in [6.45, 7) is 6.19. The molecule has 44 heavy (non-hydrogen) atoms. The third kappa shape index (κ3) is 4.21. The molecule has 0 aliphatic carbocycles. The Hall–Kier alpha value is -5.52. The number of benzene rings is 5. The molecule has 0 spiro atoms. The molecule has 5 heteroatoms. The summed E-state index contributed by atoms with van der Waals surface area (Å²) in [5.74, 6) is 0.735. The zero-order valence-electron chi connectivity index (χ0n) is 24.2. The van der Waals surface area contributed by atoms with Crippen molar-refractivity contribution in [3.8, 4) is 16.3 Å². The molecule has 0 radical (unpaired) electrons. The fourth-order valence-electron chi connectivity index (χ4n) is 6.17. The van der Waals surface area contributed by atoms with Gasteiger partial charge in [0.15, 0.2) is 5.82 Å². The molecule has 3 aromatic heterocycles. The molecule has 0 saturated carbocycles. The quantitative estimate of drug-likeness (QED) is 0.182. The Kier molecular flexibility index (Phi) is 6.32. The normalized spacial score (nSPS) is 12.6. The van der Waals surface area contributed by atoms with Crippen molar-refractivity contribution >= 4 is 66.4 Å². The molecule has 3 heterocycles. The summed E-state index contributed by atoms with van der Waals surface area (Å²) in [7, 11) is 0. The van der Waals surface area contributed by atoms with Crippen molar-refractivity contribution in [2.45, 2.75) is 6.92 Å². The van der Waals surface area contributed by atoms with Crippen molar-refractivity contribution in [3.63, 3.8) is 0 Å². The van der Waals surface area contributed by atoms with Crippen molar-refractivity contribution < 1.29 is 0 Å². The van der Waals surface area contributed by atoms with Crippen molar-refractivity contribution in [3.05, 3.63) is 152 Å². The van der Waals surface area contributed by atoms with Crippen molar-refractivity contribution in [2.24, 2.45) is 0 Å². The monoisotopic (exact) mass is 584 g/mol. The summed E-state index contributed by atoms with van der Waals surface area (Å²) in [4.78, 5) is 4.91. The van der Waals surface area contributed by atoms with Crippen LogP contribution in [0.15, 0.2) is 146 Å². The molecule has 210 valence electrons. The van der Waals surface area contributed by atoms with Gasteiger partial charge in [0.2, 0.25) is 0 Å². The molecule has 8 aromatic rings. The summed E-state index contributed by atoms with van der Waals surface area (Å²) < 4.78 is 9.30. The van der Waals surface area contributed by atoms with Gasteiger partial charge in [-0.2, -0.15) is 4.37 Å². The first-order valence-corrected chi connectivity index (χ1v) is 15.4. The average molecular weight is 585 g/mol. The number of nitrogens with zero attached hydrogens (tertiary/aromatic N) is 4. The standard InChI is InChI=1S/C39H28N4S/c1-3-28(42-34-16-8-4-12-30(34)31-13-5-9-17-35(31)42)23-20-26(2)38-40-39(44-41-38)27-21-24-29(25-22-27)43-36-18-10-6-14-32(36)33-15-7-11-19-37(33)43/h3-25H,1H2,2H3/b26-20+,28-23+. The van der Waals surface area contributed by atoms with Crippen LogP contribution in [-0.2, 0) is 0 Å². The number of fused-ring (bicyclic) bond motifs is 6. The first-order chi connectivity index (χ1) is 21.7. The van der Waals surface area contributed by atoms with E-state index in [0.29, 0.717) is 0 Å². The first kappa shape index (κ1) is 26.1. The van der Waals surface area contributed by atoms with Crippen LogP contribution in [0, 0.1) is 0 Å². The maximum Gasteiger partial charge on any atom is 0.169 e. The lowest BCUT2D eigenvalue weighted by molar-refractivity contribution is 1.18. The van der Waals surface area contributed by atoms with Crippen LogP contribution in [0.4, 0.5) is 0 Å². The second-order valence-corrected chi connectivity index (χ2v) is 11.6. The van der Waals surface area contributed by atoms with Gasteiger partial charge in [-0.15, -0.1) is 0 Å². The predicted molar refractivity (Wildman–Crippen MR) is 187 cm³/mol. The SMILES string of the molecule is C=C/C(=C\C=C(/C)c1nsc(-c2ccc(-n3c4ccccc4c4ccccc43)cc2)n1)n1c2ccccc2c2ccccc21. The van der Waals surface area contributed by atoms with Gasteiger partial charge in [-0.05, 0) is 84.7 Å². The maximum atomic E-state index is 4.91. The minimum atomic E-state index is 0.735. The molecular formula is C39H28N4S. The highest BCUT2D eigenvalue weighted by atomic mass is 32.1. The Balaban J connectivity index is 1.11. The second kappa shape index (κ2) is 10.6. The Labute approximate surface area is 259 Å². The van der Waals surface area contributed by atoms with Gasteiger partial charge >= 0.3 is 0 Å². The highest BCUT2D eigenvalue weighted by Gasteiger charge is 2.14. The third-order valence-electron chi connectivity index (χ3n) is 8.28. The Bertz CT molecular complexity index is 2310. The van der Waals surface area contributed by atoms with E-state index in [0.717, 1.165) is 44.4 Å². The van der Waals surface area contributed by atoms with Crippen LogP contribution in [0.3, 0.4) is 0 Å². The smallest absolute Gasteiger partial charge is 0.169 e. The summed E-state index contributed by atoms with van der Waals surface area (Å²) in [5.41, 5.74) is 8.89. The highest BCUT2D eigenvalue weighted by Crippen LogP contribution is 2.34. The van der Waals surface area contributed by atoms with Gasteiger partial charge in [0.25, 0.3) is 0 Å². The lowest BCUT2D eigenvalue weighted by atomic mass is 10.2. The van der Waals surface area contributed by atoms with E-state index in [1.54, 1.807) is 0 Å². The van der Waals surface area contributed by atoms with Crippen LogP contribution in [0.2, 0.25) is 0 Å². The zero-order valence-corrected chi connectivity index (χ0v) is 25.0. The van der Waals surface area contributed by atoms with Crippen LogP contribution < -0.4 is 0 Å². The minimum absolute atomic E-state index is 0.735. The van der Waals surface area contributed by atoms with Gasteiger partial charge in [0, 0.05) is 38.5 Å². The summed E-state index contributed by atoms with van der Waals surface area (Å²) in [6.07, 6.45) is 6.08. The lowest BCUT2D eigenvalue weighted by Gasteiger charge is -2.08. The minimum Gasteiger partial charge on any atom is -0.309 e. The van der Waals surface area contributed by atoms with Crippen molar-refractivity contribution in [1.82, 2.24) is 18.5 Å². The van der Waals surface area contributed by atoms with E-state index in [1.165, 1.54) is 44.1 Å². The number of rotatable bonds is 6. The Morgan fingerprint density at radius 3 is 1.68 bits per heavy atom. The van der Waals surface area contributed by atoms with E-state index >= 15 is 0 Å². The molecule has 0 unspecified atom stereocenters. The molecule has 0 N–H and O–H groups in total. The largest absolute Gasteiger partial charge is 0.309 e. The van der Waals surface area contributed by atoms with Gasteiger partial charge < -0.3 is 9.13 Å². The molecule has 0 saturated heterocycles. The van der Waals surface area contributed by atoms with Gasteiger partial charge in [0.1, 0.15) is 5.01 Å². The Morgan fingerprint density at radius 2 is 1.14 bits per heavy atom. The van der Waals surface area contributed by atoms with Crippen molar-refractivity contribution in [1.29, 1.82) is 0 Å². The number of hydrogen-bond donors (Lipinski definition) is 0. The van der Waals surface area contributed by atoms with E-state index in [1.807, 2.05) is 6.08 Å². The molecule has 5 aromatic carbocycles. The molecule has 0 fully saturated rings. The summed E-state index contributed by atoms with van der Waals surface area (Å²) >= 11 is 1.43. The van der Waals surface area contributed by atoms with Crippen LogP contribution in [0.5, 0.6) is 0 Å². The number of hydrogen-bond acceptors (Lipinski definition) is 3. The van der Waals surface area contributed by atoms with Crippen LogP contribution in [-0.4, -0.2) is 18.5 Å². The highest BCUT2D eigenvalue weighted by molar-refractivity contribution is 7.09. The lowest BCUT2D eigenvalue weighted by Crippen LogP contribution is -1.94. The van der Waals surface area contributed by atoms with E-state index in [9.17, 15) is 0 Å². The molecule has 4 nitrogen and oxygen atoms in total. The second-order valence-electron chi connectivity index (χ2n) is 10.9. The van der Waals surface area contributed by atoms with Gasteiger partial charge in [-0.25, -0.2) is 4.98 Å². The Morgan fingerprint density at radius 1 is 0.636 bits per heavy atom. The summed E-state index contributed by atoms with van der Waals surface area (Å²) in [5, 5.41) is 5.87. The average Bonchev–Trinajstić information content (AvgIpc) is 3.79. The number of para-hydroxylation sites is 4. The molecule has 8 rings (SSSR count). The maximum absolute atomic E-state index is 4.91. The van der Waals surface area contributed by atoms with Crippen LogP contribution in [0.25, 0.3) is 71.1 Å². The van der Waals surface area contributed by atoms with Crippen LogP contribution in [0.1, 0.15) is 12.7 Å². The predicted octanol–water partition coefficient (Wildman–Crippen LogP) is 10.5. The van der Waals surface area contributed by atoms with Gasteiger partial charge in [0.05, 0.1) is 22.1 Å². The number of aromatic nitrogens is 4. The van der Waals surface area contributed by atoms with E-state index in [-0.39, 0.29) is 0 Å². The fourth-order valence-corrected chi connectivity index (χ4v) is 6.90. The van der Waals surface area contributed by atoms with E-state index in [4.69, 9.17) is 9.36 Å². The van der Waals surface area contributed by atoms with Gasteiger partial charge in [-0.1, -0.05) is 85.5 Å². The molecular weight excluding hydrogens is 557 g/mol. The fraction of sp³-hybridized carbons (Fsp3) is 0.0256. The first-order valence-electron chi connectivity index (χ1n) is 14.6. The van der Waals surface area contributed by atoms with E-state index in [2.05, 4.69) is 156 Å². The molecule has 0 aliphatic rings. The molecule has 0 bridgehead atoms. The van der Waals surface area contributed by atoms with E-state index < -0.39 is 0 Å². The third-order valence-corrected chi connectivity index (χ3v) is 9.05. The van der Waals surface area contributed by atoms with Gasteiger partial charge in [-0.3, -0.25) is 0 Å². The summed E-state index contributed by atoms with van der Waals surface area (Å²) in [6, 6.07) is 42.8. The molecule has 0 aliphatic heterocycles. The van der Waals surface area contributed by atoms with Crippen LogP contribution >= 0.6 is 11.5 Å².